The van der Waals surface area contributed by atoms with Crippen LogP contribution in [0, 0.1) is 6.92 Å². The molecule has 2 rings (SSSR count). The first kappa shape index (κ1) is 14.9. The van der Waals surface area contributed by atoms with Crippen molar-refractivity contribution in [1.29, 1.82) is 0 Å². The average molecular weight is 290 g/mol. The second-order valence-corrected chi connectivity index (χ2v) is 5.81. The van der Waals surface area contributed by atoms with E-state index >= 15 is 0 Å². The Bertz CT molecular complexity index is 610. The van der Waals surface area contributed by atoms with Gasteiger partial charge in [0.2, 0.25) is 0 Å². The first-order valence-electron chi connectivity index (χ1n) is 7.01. The highest BCUT2D eigenvalue weighted by Crippen LogP contribution is 2.19. The Morgan fingerprint density at radius 2 is 2.00 bits per heavy atom. The molecule has 0 fully saturated rings. The topological polar surface area (TPSA) is 26.5 Å². The number of ether oxygens (including phenoxy) is 1. The van der Waals surface area contributed by atoms with Crippen LogP contribution in [0.2, 0.25) is 0 Å². The molecule has 0 saturated heterocycles. The number of nitrogens with zero attached hydrogens (tertiary/aromatic N) is 2. The van der Waals surface area contributed by atoms with Crippen molar-refractivity contribution in [3.05, 3.63) is 40.1 Å². The Morgan fingerprint density at radius 3 is 2.60 bits per heavy atom. The second-order valence-electron chi connectivity index (χ2n) is 4.98. The highest BCUT2D eigenvalue weighted by atomic mass is 32.1. The lowest BCUT2D eigenvalue weighted by Crippen LogP contribution is -2.19. The molecule has 0 saturated carbocycles. The van der Waals surface area contributed by atoms with Gasteiger partial charge in [-0.05, 0) is 44.5 Å². The quantitative estimate of drug-likeness (QED) is 0.798. The summed E-state index contributed by atoms with van der Waals surface area (Å²) >= 11 is 1.70. The van der Waals surface area contributed by atoms with Crippen LogP contribution in [0.4, 0.5) is 5.69 Å². The van der Waals surface area contributed by atoms with Crippen LogP contribution in [-0.4, -0.2) is 11.7 Å². The van der Waals surface area contributed by atoms with Crippen LogP contribution >= 0.6 is 11.3 Å². The lowest BCUT2D eigenvalue weighted by atomic mass is 10.2. The van der Waals surface area contributed by atoms with Gasteiger partial charge in [-0.2, -0.15) is 0 Å². The third-order valence-corrected chi connectivity index (χ3v) is 4.32. The molecule has 4 heteroatoms. The molecule has 0 aliphatic rings. The predicted octanol–water partition coefficient (Wildman–Crippen LogP) is 4.46. The summed E-state index contributed by atoms with van der Waals surface area (Å²) in [5, 5.41) is 2.18. The molecular weight excluding hydrogens is 268 g/mol. The SMILES string of the molecule is CCCC(C)n1c(C)csc1=Nc1ccc(OC)cc1. The minimum atomic E-state index is 0.489. The maximum Gasteiger partial charge on any atom is 0.190 e. The molecule has 0 spiro atoms. The molecule has 0 aliphatic carbocycles. The Labute approximate surface area is 124 Å². The fraction of sp³-hybridized carbons (Fsp3) is 0.438. The minimum absolute atomic E-state index is 0.489. The van der Waals surface area contributed by atoms with Crippen molar-refractivity contribution in [2.24, 2.45) is 4.99 Å². The summed E-state index contributed by atoms with van der Waals surface area (Å²) in [6.07, 6.45) is 2.36. The van der Waals surface area contributed by atoms with Gasteiger partial charge in [0.05, 0.1) is 12.8 Å². The van der Waals surface area contributed by atoms with Crippen molar-refractivity contribution in [2.75, 3.05) is 7.11 Å². The van der Waals surface area contributed by atoms with Crippen molar-refractivity contribution < 1.29 is 4.74 Å². The second kappa shape index (κ2) is 6.75. The summed E-state index contributed by atoms with van der Waals surface area (Å²) in [6, 6.07) is 8.35. The van der Waals surface area contributed by atoms with Crippen LogP contribution in [0.15, 0.2) is 34.6 Å². The first-order chi connectivity index (χ1) is 9.65. The number of benzene rings is 1. The van der Waals surface area contributed by atoms with E-state index in [9.17, 15) is 0 Å². The van der Waals surface area contributed by atoms with Crippen LogP contribution in [0.3, 0.4) is 0 Å². The summed E-state index contributed by atoms with van der Waals surface area (Å²) in [5.41, 5.74) is 2.24. The minimum Gasteiger partial charge on any atom is -0.497 e. The maximum absolute atomic E-state index is 5.17. The van der Waals surface area contributed by atoms with Gasteiger partial charge in [0, 0.05) is 17.1 Å². The lowest BCUT2D eigenvalue weighted by Gasteiger charge is -2.14. The Balaban J connectivity index is 2.38. The summed E-state index contributed by atoms with van der Waals surface area (Å²) in [6.45, 7) is 6.63. The fourth-order valence-corrected chi connectivity index (χ4v) is 3.32. The van der Waals surface area contributed by atoms with Crippen LogP contribution in [0.5, 0.6) is 5.75 Å². The monoisotopic (exact) mass is 290 g/mol. The zero-order chi connectivity index (χ0) is 14.5. The number of thiazole rings is 1. The molecule has 108 valence electrons. The van der Waals surface area contributed by atoms with E-state index < -0.39 is 0 Å². The number of rotatable bonds is 5. The standard InChI is InChI=1S/C16H22N2OS/c1-5-6-12(2)18-13(3)11-20-16(18)17-14-7-9-15(19-4)10-8-14/h7-12H,5-6H2,1-4H3. The highest BCUT2D eigenvalue weighted by Gasteiger charge is 2.08. The molecule has 2 aromatic rings. The first-order valence-corrected chi connectivity index (χ1v) is 7.89. The van der Waals surface area contributed by atoms with E-state index in [2.05, 4.69) is 30.7 Å². The molecule has 0 N–H and O–H groups in total. The Hall–Kier alpha value is -1.55. The molecule has 0 radical (unpaired) electrons. The third-order valence-electron chi connectivity index (χ3n) is 3.37. The van der Waals surface area contributed by atoms with E-state index in [1.54, 1.807) is 18.4 Å². The summed E-state index contributed by atoms with van der Waals surface area (Å²) < 4.78 is 7.50. The van der Waals surface area contributed by atoms with E-state index in [0.717, 1.165) is 16.2 Å². The molecule has 1 heterocycles. The number of aryl methyl sites for hydroxylation is 1. The molecule has 0 amide bonds. The van der Waals surface area contributed by atoms with E-state index in [4.69, 9.17) is 9.73 Å². The molecule has 3 nitrogen and oxygen atoms in total. The van der Waals surface area contributed by atoms with Gasteiger partial charge in [-0.3, -0.25) is 0 Å². The highest BCUT2D eigenvalue weighted by molar-refractivity contribution is 7.07. The zero-order valence-corrected chi connectivity index (χ0v) is 13.4. The van der Waals surface area contributed by atoms with Gasteiger partial charge in [0.15, 0.2) is 4.80 Å². The fourth-order valence-electron chi connectivity index (χ4n) is 2.33. The number of hydrogen-bond donors (Lipinski definition) is 0. The van der Waals surface area contributed by atoms with Crippen molar-refractivity contribution in [3.63, 3.8) is 0 Å². The summed E-state index contributed by atoms with van der Waals surface area (Å²) in [4.78, 5) is 5.83. The van der Waals surface area contributed by atoms with Crippen molar-refractivity contribution in [2.45, 2.75) is 39.7 Å². The van der Waals surface area contributed by atoms with E-state index in [1.807, 2.05) is 24.3 Å². The molecule has 20 heavy (non-hydrogen) atoms. The molecular formula is C16H22N2OS. The van der Waals surface area contributed by atoms with Crippen molar-refractivity contribution in [3.8, 4) is 5.75 Å². The third kappa shape index (κ3) is 3.31. The van der Waals surface area contributed by atoms with Crippen LogP contribution in [0.1, 0.15) is 38.4 Å². The average Bonchev–Trinajstić information content (AvgIpc) is 2.81. The molecule has 0 bridgehead atoms. The zero-order valence-electron chi connectivity index (χ0n) is 12.6. The molecule has 1 aromatic carbocycles. The Kier molecular flexibility index (Phi) is 5.01. The smallest absolute Gasteiger partial charge is 0.190 e. The predicted molar refractivity (Wildman–Crippen MR) is 84.9 cm³/mol. The molecule has 0 aliphatic heterocycles. The lowest BCUT2D eigenvalue weighted by molar-refractivity contribution is 0.415. The van der Waals surface area contributed by atoms with Gasteiger partial charge in [-0.15, -0.1) is 11.3 Å². The normalized spacial score (nSPS) is 13.5. The largest absolute Gasteiger partial charge is 0.497 e. The van der Waals surface area contributed by atoms with Gasteiger partial charge < -0.3 is 9.30 Å². The summed E-state index contributed by atoms with van der Waals surface area (Å²) in [7, 11) is 1.68. The van der Waals surface area contributed by atoms with Crippen LogP contribution in [-0.2, 0) is 0 Å². The maximum atomic E-state index is 5.17. The van der Waals surface area contributed by atoms with E-state index in [1.165, 1.54) is 18.5 Å². The van der Waals surface area contributed by atoms with Gasteiger partial charge in [0.25, 0.3) is 0 Å². The van der Waals surface area contributed by atoms with Crippen LogP contribution < -0.4 is 9.54 Å². The van der Waals surface area contributed by atoms with E-state index in [0.29, 0.717) is 6.04 Å². The molecule has 1 atom stereocenters. The van der Waals surface area contributed by atoms with Gasteiger partial charge in [-0.25, -0.2) is 4.99 Å². The number of hydrogen-bond acceptors (Lipinski definition) is 3. The van der Waals surface area contributed by atoms with Gasteiger partial charge in [-0.1, -0.05) is 13.3 Å². The summed E-state index contributed by atoms with van der Waals surface area (Å²) in [5.74, 6) is 0.860. The number of aromatic nitrogens is 1. The van der Waals surface area contributed by atoms with E-state index in [-0.39, 0.29) is 0 Å². The number of methoxy groups -OCH3 is 1. The van der Waals surface area contributed by atoms with Crippen molar-refractivity contribution in [1.82, 2.24) is 4.57 Å². The van der Waals surface area contributed by atoms with Crippen LogP contribution in [0.25, 0.3) is 0 Å². The van der Waals surface area contributed by atoms with Gasteiger partial charge in [0.1, 0.15) is 5.75 Å². The van der Waals surface area contributed by atoms with Crippen molar-refractivity contribution >= 4 is 17.0 Å². The molecule has 1 unspecified atom stereocenters. The Morgan fingerprint density at radius 1 is 1.30 bits per heavy atom. The molecule has 1 aromatic heterocycles. The van der Waals surface area contributed by atoms with Gasteiger partial charge >= 0.3 is 0 Å².